The normalized spacial score (nSPS) is 12.0. The van der Waals surface area contributed by atoms with Crippen molar-refractivity contribution in [3.8, 4) is 0 Å². The molecule has 2 nitrogen and oxygen atoms in total. The average Bonchev–Trinajstić information content (AvgIpc) is 2.56. The van der Waals surface area contributed by atoms with Gasteiger partial charge in [-0.05, 0) is 46.1 Å². The second-order valence-electron chi connectivity index (χ2n) is 7.22. The molecule has 0 N–H and O–H groups in total. The lowest BCUT2D eigenvalue weighted by Crippen LogP contribution is -2.46. The minimum Gasteiger partial charge on any atom is -0.295 e. The van der Waals surface area contributed by atoms with Crippen LogP contribution in [0.5, 0.6) is 0 Å². The zero-order chi connectivity index (χ0) is 20.0. The van der Waals surface area contributed by atoms with Gasteiger partial charge >= 0.3 is 0 Å². The van der Waals surface area contributed by atoms with Crippen molar-refractivity contribution in [2.45, 2.75) is 80.0 Å². The molecule has 1 aromatic rings. The first-order valence-electron chi connectivity index (χ1n) is 9.39. The number of hydrogen-bond acceptors (Lipinski definition) is 2. The Kier molecular flexibility index (Phi) is 14.3. The molecular formula is C23H41NO. The van der Waals surface area contributed by atoms with Gasteiger partial charge in [0.15, 0.2) is 0 Å². The third-order valence-electron chi connectivity index (χ3n) is 3.18. The summed E-state index contributed by atoms with van der Waals surface area (Å²) < 4.78 is 0. The van der Waals surface area contributed by atoms with E-state index in [1.54, 1.807) is 12.2 Å². The lowest BCUT2D eigenvalue weighted by molar-refractivity contribution is -0.266. The molecule has 0 aliphatic carbocycles. The van der Waals surface area contributed by atoms with Crippen LogP contribution in [0.2, 0.25) is 0 Å². The molecular weight excluding hydrogens is 306 g/mol. The van der Waals surface area contributed by atoms with E-state index in [0.29, 0.717) is 5.92 Å². The number of hydrogen-bond donors (Lipinski definition) is 0. The maximum absolute atomic E-state index is 6.13. The molecule has 0 heterocycles. The summed E-state index contributed by atoms with van der Waals surface area (Å²) in [5.41, 5.74) is 1.28. The van der Waals surface area contributed by atoms with E-state index < -0.39 is 0 Å². The van der Waals surface area contributed by atoms with Crippen LogP contribution in [0.4, 0.5) is 0 Å². The van der Waals surface area contributed by atoms with Gasteiger partial charge in [-0.15, -0.1) is 0 Å². The van der Waals surface area contributed by atoms with Crippen molar-refractivity contribution in [2.24, 2.45) is 5.92 Å². The third kappa shape index (κ3) is 11.0. The number of nitrogens with zero attached hydrogens (tertiary/aromatic N) is 1. The second-order valence-corrected chi connectivity index (χ2v) is 7.22. The van der Waals surface area contributed by atoms with Crippen LogP contribution < -0.4 is 0 Å². The molecule has 2 heteroatoms. The lowest BCUT2D eigenvalue weighted by atomic mass is 9.92. The molecule has 1 rings (SSSR count). The fraction of sp³-hybridized carbons (Fsp3) is 0.565. The predicted molar refractivity (Wildman–Crippen MR) is 114 cm³/mol. The highest BCUT2D eigenvalue weighted by Crippen LogP contribution is 2.34. The summed E-state index contributed by atoms with van der Waals surface area (Å²) in [6.45, 7) is 26.0. The quantitative estimate of drug-likeness (QED) is 0.398. The Morgan fingerprint density at radius 3 is 1.64 bits per heavy atom. The van der Waals surface area contributed by atoms with Crippen LogP contribution in [0, 0.1) is 5.92 Å². The second kappa shape index (κ2) is 13.9. The molecule has 0 saturated carbocycles. The van der Waals surface area contributed by atoms with Gasteiger partial charge < -0.3 is 0 Å². The summed E-state index contributed by atoms with van der Waals surface area (Å²) in [5.74, 6) is 0.486. The van der Waals surface area contributed by atoms with E-state index in [2.05, 4.69) is 97.0 Å². The molecule has 0 fully saturated rings. The summed E-state index contributed by atoms with van der Waals surface area (Å²) in [6.07, 6.45) is 3.46. The van der Waals surface area contributed by atoms with Crippen LogP contribution in [0.3, 0.4) is 0 Å². The number of rotatable bonds is 6. The Morgan fingerprint density at radius 1 is 0.920 bits per heavy atom. The lowest BCUT2D eigenvalue weighted by Gasteiger charge is -2.43. The molecule has 0 bridgehead atoms. The number of benzene rings is 1. The Hall–Kier alpha value is -1.38. The van der Waals surface area contributed by atoms with Crippen molar-refractivity contribution < 1.29 is 4.84 Å². The maximum atomic E-state index is 6.13. The van der Waals surface area contributed by atoms with E-state index in [-0.39, 0.29) is 17.7 Å². The first-order valence-corrected chi connectivity index (χ1v) is 9.39. The summed E-state index contributed by atoms with van der Waals surface area (Å²) >= 11 is 0. The molecule has 0 saturated heterocycles. The summed E-state index contributed by atoms with van der Waals surface area (Å²) in [7, 11) is 0. The summed E-state index contributed by atoms with van der Waals surface area (Å²) in [6, 6.07) is 10.9. The van der Waals surface area contributed by atoms with E-state index >= 15 is 0 Å². The van der Waals surface area contributed by atoms with Gasteiger partial charge in [-0.25, -0.2) is 0 Å². The topological polar surface area (TPSA) is 12.5 Å². The van der Waals surface area contributed by atoms with Crippen LogP contribution in [0.15, 0.2) is 55.6 Å². The van der Waals surface area contributed by atoms with Crippen molar-refractivity contribution in [1.82, 2.24) is 5.06 Å². The molecule has 1 atom stereocenters. The van der Waals surface area contributed by atoms with Gasteiger partial charge in [0.05, 0.1) is 12.1 Å². The van der Waals surface area contributed by atoms with Crippen molar-refractivity contribution in [1.29, 1.82) is 0 Å². The van der Waals surface area contributed by atoms with Gasteiger partial charge in [0.25, 0.3) is 0 Å². The van der Waals surface area contributed by atoms with Gasteiger partial charge in [-0.1, -0.05) is 83.3 Å². The summed E-state index contributed by atoms with van der Waals surface area (Å²) in [4.78, 5) is 6.13. The molecule has 0 spiro atoms. The Bertz CT molecular complexity index is 437. The van der Waals surface area contributed by atoms with E-state index in [4.69, 9.17) is 4.84 Å². The van der Waals surface area contributed by atoms with Gasteiger partial charge in [-0.3, -0.25) is 4.84 Å². The first-order chi connectivity index (χ1) is 11.6. The minimum atomic E-state index is -0.0327. The van der Waals surface area contributed by atoms with Gasteiger partial charge in [0.1, 0.15) is 0 Å². The Balaban J connectivity index is 0. The van der Waals surface area contributed by atoms with Crippen LogP contribution in [-0.2, 0) is 4.84 Å². The van der Waals surface area contributed by atoms with Crippen LogP contribution in [-0.4, -0.2) is 16.7 Å². The Labute approximate surface area is 157 Å². The van der Waals surface area contributed by atoms with Gasteiger partial charge in [0, 0.05) is 5.54 Å². The van der Waals surface area contributed by atoms with Gasteiger partial charge in [-0.2, -0.15) is 5.06 Å². The fourth-order valence-electron chi connectivity index (χ4n) is 2.31. The highest BCUT2D eigenvalue weighted by atomic mass is 16.7. The van der Waals surface area contributed by atoms with E-state index in [9.17, 15) is 0 Å². The Morgan fingerprint density at radius 2 is 1.36 bits per heavy atom. The van der Waals surface area contributed by atoms with E-state index in [0.717, 1.165) is 0 Å². The van der Waals surface area contributed by atoms with Crippen LogP contribution in [0.1, 0.15) is 73.9 Å². The SMILES string of the molecule is C=CC=C.CC.CC(C)ON(C(c1ccccc1)C(C)C)C(C)(C)C. The number of allylic oxidation sites excluding steroid dienone is 2. The molecule has 1 aromatic carbocycles. The highest BCUT2D eigenvalue weighted by Gasteiger charge is 2.33. The molecule has 0 amide bonds. The van der Waals surface area contributed by atoms with Crippen molar-refractivity contribution in [3.05, 3.63) is 61.2 Å². The van der Waals surface area contributed by atoms with Crippen molar-refractivity contribution in [3.63, 3.8) is 0 Å². The first kappa shape index (κ1) is 25.9. The number of hydroxylamine groups is 2. The summed E-state index contributed by atoms with van der Waals surface area (Å²) in [5, 5.41) is 2.16. The van der Waals surface area contributed by atoms with Crippen molar-refractivity contribution in [2.75, 3.05) is 0 Å². The molecule has 25 heavy (non-hydrogen) atoms. The maximum Gasteiger partial charge on any atom is 0.0737 e. The molecule has 144 valence electrons. The highest BCUT2D eigenvalue weighted by molar-refractivity contribution is 5.19. The van der Waals surface area contributed by atoms with Gasteiger partial charge in [0.2, 0.25) is 0 Å². The van der Waals surface area contributed by atoms with Crippen molar-refractivity contribution >= 4 is 0 Å². The zero-order valence-electron chi connectivity index (χ0n) is 18.0. The van der Waals surface area contributed by atoms with E-state index in [1.165, 1.54) is 5.56 Å². The molecule has 0 aliphatic heterocycles. The third-order valence-corrected chi connectivity index (χ3v) is 3.18. The monoisotopic (exact) mass is 347 g/mol. The molecule has 0 radical (unpaired) electrons. The standard InChI is InChI=1S/C17H29NO.C4H6.C2H6/c1-13(2)16(15-11-9-8-10-12-15)18(17(5,6)7)19-14(3)4;1-3-4-2;1-2/h8-14,16H,1-7H3;3-4H,1-2H2;1-2H3. The molecule has 1 unspecified atom stereocenters. The fourth-order valence-corrected chi connectivity index (χ4v) is 2.31. The molecule has 0 aliphatic rings. The van der Waals surface area contributed by atoms with Crippen LogP contribution in [0.25, 0.3) is 0 Å². The van der Waals surface area contributed by atoms with Crippen LogP contribution >= 0.6 is 0 Å². The minimum absolute atomic E-state index is 0.0327. The average molecular weight is 348 g/mol. The predicted octanol–water partition coefficient (Wildman–Crippen LogP) is 7.21. The van der Waals surface area contributed by atoms with E-state index in [1.807, 2.05) is 13.8 Å². The largest absolute Gasteiger partial charge is 0.295 e. The smallest absolute Gasteiger partial charge is 0.0737 e. The molecule has 0 aromatic heterocycles. The zero-order valence-corrected chi connectivity index (χ0v) is 18.0.